The van der Waals surface area contributed by atoms with Crippen molar-refractivity contribution >= 4 is 18.3 Å². The minimum Gasteiger partial charge on any atom is -0.458 e. The summed E-state index contributed by atoms with van der Waals surface area (Å²) >= 11 is 0. The van der Waals surface area contributed by atoms with Crippen molar-refractivity contribution in [3.05, 3.63) is 35.9 Å². The molecule has 1 aromatic rings. The highest BCUT2D eigenvalue weighted by molar-refractivity contribution is 5.88. The Bertz CT molecular complexity index is 592. The Hall–Kier alpha value is -2.37. The minimum absolute atomic E-state index is 0.126. The molecule has 0 aromatic heterocycles. The van der Waals surface area contributed by atoms with Crippen molar-refractivity contribution in [3.63, 3.8) is 0 Å². The molecule has 1 amide bonds. The van der Waals surface area contributed by atoms with Gasteiger partial charge in [0.05, 0.1) is 0 Å². The van der Waals surface area contributed by atoms with Crippen molar-refractivity contribution < 1.29 is 19.1 Å². The van der Waals surface area contributed by atoms with Gasteiger partial charge < -0.3 is 9.47 Å². The van der Waals surface area contributed by atoms with Crippen LogP contribution in [0.3, 0.4) is 0 Å². The molecule has 0 spiro atoms. The van der Waals surface area contributed by atoms with Gasteiger partial charge in [-0.2, -0.15) is 10.1 Å². The Morgan fingerprint density at radius 2 is 1.87 bits per heavy atom. The topological polar surface area (TPSA) is 68.2 Å². The standard InChI is InChI=1S/C17H22N2O4/c1-12-10-18-19(14(12)15(20)23-17(2,3)4)16(21)22-11-13-8-6-5-7-9-13/h5-10,12,14H,11H2,1-4H3/t12-,14-/m0/s1. The Balaban J connectivity index is 2.00. The van der Waals surface area contributed by atoms with Crippen LogP contribution in [0.25, 0.3) is 0 Å². The first kappa shape index (κ1) is 17.0. The summed E-state index contributed by atoms with van der Waals surface area (Å²) in [6.45, 7) is 7.28. The van der Waals surface area contributed by atoms with Crippen molar-refractivity contribution in [1.82, 2.24) is 5.01 Å². The molecule has 1 aliphatic heterocycles. The van der Waals surface area contributed by atoms with Crippen molar-refractivity contribution in [1.29, 1.82) is 0 Å². The van der Waals surface area contributed by atoms with E-state index in [4.69, 9.17) is 9.47 Å². The van der Waals surface area contributed by atoms with E-state index in [1.807, 2.05) is 37.3 Å². The Morgan fingerprint density at radius 1 is 1.22 bits per heavy atom. The molecule has 6 heteroatoms. The minimum atomic E-state index is -0.794. The quantitative estimate of drug-likeness (QED) is 0.804. The molecule has 1 aliphatic rings. The van der Waals surface area contributed by atoms with Crippen molar-refractivity contribution in [2.24, 2.45) is 11.0 Å². The first-order chi connectivity index (χ1) is 10.8. The number of nitrogens with zero attached hydrogens (tertiary/aromatic N) is 2. The first-order valence-electron chi connectivity index (χ1n) is 7.55. The number of hydrogen-bond acceptors (Lipinski definition) is 5. The highest BCUT2D eigenvalue weighted by Crippen LogP contribution is 2.22. The molecule has 124 valence electrons. The highest BCUT2D eigenvalue weighted by Gasteiger charge is 2.41. The van der Waals surface area contributed by atoms with Gasteiger partial charge in [0.1, 0.15) is 12.2 Å². The smallest absolute Gasteiger partial charge is 0.431 e. The maximum Gasteiger partial charge on any atom is 0.431 e. The zero-order valence-electron chi connectivity index (χ0n) is 13.9. The molecule has 0 saturated heterocycles. The molecule has 0 unspecified atom stereocenters. The molecule has 2 atom stereocenters. The van der Waals surface area contributed by atoms with Crippen molar-refractivity contribution in [3.8, 4) is 0 Å². The normalized spacial score (nSPS) is 20.4. The number of ether oxygens (including phenoxy) is 2. The summed E-state index contributed by atoms with van der Waals surface area (Å²) in [4.78, 5) is 24.5. The maximum absolute atomic E-state index is 12.3. The van der Waals surface area contributed by atoms with E-state index >= 15 is 0 Å². The van der Waals surface area contributed by atoms with Crippen LogP contribution in [0.1, 0.15) is 33.3 Å². The molecule has 0 saturated carbocycles. The number of hydrazone groups is 1. The van der Waals surface area contributed by atoms with Gasteiger partial charge in [-0.25, -0.2) is 9.59 Å². The lowest BCUT2D eigenvalue weighted by molar-refractivity contribution is -0.161. The molecule has 1 heterocycles. The second kappa shape index (κ2) is 6.81. The lowest BCUT2D eigenvalue weighted by Gasteiger charge is -2.27. The van der Waals surface area contributed by atoms with E-state index in [2.05, 4.69) is 5.10 Å². The molecule has 0 fully saturated rings. The Kier molecular flexibility index (Phi) is 5.03. The zero-order valence-corrected chi connectivity index (χ0v) is 13.9. The van der Waals surface area contributed by atoms with Crippen LogP contribution in [0.15, 0.2) is 35.4 Å². The van der Waals surface area contributed by atoms with E-state index in [-0.39, 0.29) is 12.5 Å². The van der Waals surface area contributed by atoms with Gasteiger partial charge in [0, 0.05) is 12.1 Å². The van der Waals surface area contributed by atoms with Gasteiger partial charge >= 0.3 is 12.1 Å². The summed E-state index contributed by atoms with van der Waals surface area (Å²) in [5, 5.41) is 5.05. The molecule has 0 radical (unpaired) electrons. The summed E-state index contributed by atoms with van der Waals surface area (Å²) < 4.78 is 10.6. The van der Waals surface area contributed by atoms with E-state index in [0.29, 0.717) is 0 Å². The van der Waals surface area contributed by atoms with E-state index in [9.17, 15) is 9.59 Å². The monoisotopic (exact) mass is 318 g/mol. The van der Waals surface area contributed by atoms with Crippen LogP contribution in [0.4, 0.5) is 4.79 Å². The highest BCUT2D eigenvalue weighted by atomic mass is 16.6. The molecular weight excluding hydrogens is 296 g/mol. The van der Waals surface area contributed by atoms with Crippen molar-refractivity contribution in [2.45, 2.75) is 45.9 Å². The van der Waals surface area contributed by atoms with E-state index in [1.54, 1.807) is 27.0 Å². The number of carbonyl (C=O) groups is 2. The summed E-state index contributed by atoms with van der Waals surface area (Å²) in [5.74, 6) is -0.715. The number of carbonyl (C=O) groups excluding carboxylic acids is 2. The number of hydrogen-bond donors (Lipinski definition) is 0. The third-order valence-corrected chi connectivity index (χ3v) is 3.23. The molecule has 2 rings (SSSR count). The number of esters is 1. The summed E-state index contributed by atoms with van der Waals surface area (Å²) in [5.41, 5.74) is 0.241. The van der Waals surface area contributed by atoms with Crippen molar-refractivity contribution in [2.75, 3.05) is 0 Å². The predicted octanol–water partition coefficient (Wildman–Crippen LogP) is 2.97. The fraction of sp³-hybridized carbons (Fsp3) is 0.471. The third-order valence-electron chi connectivity index (χ3n) is 3.23. The summed E-state index contributed by atoms with van der Waals surface area (Å²) in [6.07, 6.45) is 0.892. The molecule has 0 aliphatic carbocycles. The number of amides is 1. The molecule has 23 heavy (non-hydrogen) atoms. The van der Waals surface area contributed by atoms with Crippen LogP contribution >= 0.6 is 0 Å². The fourth-order valence-corrected chi connectivity index (χ4v) is 2.18. The molecular formula is C17H22N2O4. The van der Waals surface area contributed by atoms with E-state index in [0.717, 1.165) is 10.6 Å². The third kappa shape index (κ3) is 4.55. The second-order valence-electron chi connectivity index (χ2n) is 6.49. The fourth-order valence-electron chi connectivity index (χ4n) is 2.18. The lowest BCUT2D eigenvalue weighted by atomic mass is 10.0. The Morgan fingerprint density at radius 3 is 2.48 bits per heavy atom. The van der Waals surface area contributed by atoms with E-state index in [1.165, 1.54) is 0 Å². The molecule has 0 N–H and O–H groups in total. The van der Waals surface area contributed by atoms with Gasteiger partial charge in [-0.05, 0) is 26.3 Å². The lowest BCUT2D eigenvalue weighted by Crippen LogP contribution is -2.45. The van der Waals surface area contributed by atoms with E-state index < -0.39 is 23.7 Å². The van der Waals surface area contributed by atoms with Gasteiger partial charge in [-0.3, -0.25) is 0 Å². The zero-order chi connectivity index (χ0) is 17.0. The first-order valence-corrected chi connectivity index (χ1v) is 7.55. The van der Waals surface area contributed by atoms with Crippen LogP contribution in [0.5, 0.6) is 0 Å². The molecule has 6 nitrogen and oxygen atoms in total. The van der Waals surface area contributed by atoms with Crippen LogP contribution in [-0.4, -0.2) is 34.9 Å². The predicted molar refractivity (Wildman–Crippen MR) is 85.8 cm³/mol. The molecule has 0 bridgehead atoms. The van der Waals surface area contributed by atoms with Crippen LogP contribution < -0.4 is 0 Å². The SMILES string of the molecule is C[C@H]1C=NN(C(=O)OCc2ccccc2)[C@@H]1C(=O)OC(C)(C)C. The van der Waals surface area contributed by atoms with Crippen LogP contribution in [0.2, 0.25) is 0 Å². The van der Waals surface area contributed by atoms with Crippen LogP contribution in [-0.2, 0) is 20.9 Å². The molecule has 1 aromatic carbocycles. The van der Waals surface area contributed by atoms with Gasteiger partial charge in [-0.15, -0.1) is 0 Å². The van der Waals surface area contributed by atoms with Crippen LogP contribution in [0, 0.1) is 5.92 Å². The Labute approximate surface area is 136 Å². The number of rotatable bonds is 3. The average Bonchev–Trinajstić information content (AvgIpc) is 2.86. The van der Waals surface area contributed by atoms with Gasteiger partial charge in [0.15, 0.2) is 6.04 Å². The second-order valence-corrected chi connectivity index (χ2v) is 6.49. The summed E-state index contributed by atoms with van der Waals surface area (Å²) in [6, 6.07) is 8.53. The largest absolute Gasteiger partial charge is 0.458 e. The van der Waals surface area contributed by atoms with Gasteiger partial charge in [0.2, 0.25) is 0 Å². The number of benzene rings is 1. The maximum atomic E-state index is 12.3. The van der Waals surface area contributed by atoms with Gasteiger partial charge in [0.25, 0.3) is 0 Å². The van der Waals surface area contributed by atoms with Gasteiger partial charge in [-0.1, -0.05) is 37.3 Å². The summed E-state index contributed by atoms with van der Waals surface area (Å²) in [7, 11) is 0. The average molecular weight is 318 g/mol.